The van der Waals surface area contributed by atoms with E-state index in [0.717, 1.165) is 49.7 Å². The molecule has 1 atom stereocenters. The highest BCUT2D eigenvalue weighted by Crippen LogP contribution is 2.29. The number of thiocarbonyl (C=S) groups is 1. The molecular formula is C23H26F3N5O2S. The van der Waals surface area contributed by atoms with Crippen molar-refractivity contribution in [3.05, 3.63) is 53.7 Å². The van der Waals surface area contributed by atoms with Crippen molar-refractivity contribution in [2.75, 3.05) is 49.1 Å². The van der Waals surface area contributed by atoms with Gasteiger partial charge >= 0.3 is 12.3 Å². The number of ether oxygens (including phenoxy) is 1. The highest BCUT2D eigenvalue weighted by molar-refractivity contribution is 7.80. The predicted octanol–water partition coefficient (Wildman–Crippen LogP) is 3.68. The van der Waals surface area contributed by atoms with E-state index < -0.39 is 17.8 Å². The molecule has 4 rings (SSSR count). The maximum Gasteiger partial charge on any atom is 0.416 e. The molecule has 1 N–H and O–H groups in total. The second-order valence-corrected chi connectivity index (χ2v) is 9.00. The van der Waals surface area contributed by atoms with E-state index in [4.69, 9.17) is 17.0 Å². The van der Waals surface area contributed by atoms with E-state index in [1.54, 1.807) is 18.0 Å². The second kappa shape index (κ2) is 10.1. The summed E-state index contributed by atoms with van der Waals surface area (Å²) in [7, 11) is 0. The zero-order valence-corrected chi connectivity index (χ0v) is 19.5. The lowest BCUT2D eigenvalue weighted by atomic mass is 10.1. The van der Waals surface area contributed by atoms with Crippen molar-refractivity contribution >= 4 is 34.8 Å². The quantitative estimate of drug-likeness (QED) is 0.616. The van der Waals surface area contributed by atoms with Crippen LogP contribution in [0.3, 0.4) is 0 Å². The average Bonchev–Trinajstić information content (AvgIpc) is 3.19. The van der Waals surface area contributed by atoms with Crippen LogP contribution in [-0.2, 0) is 17.5 Å². The first-order valence-electron chi connectivity index (χ1n) is 11.0. The second-order valence-electron chi connectivity index (χ2n) is 8.39. The van der Waals surface area contributed by atoms with Crippen LogP contribution in [0.4, 0.5) is 29.5 Å². The number of aromatic nitrogens is 1. The molecule has 3 heterocycles. The van der Waals surface area contributed by atoms with Crippen molar-refractivity contribution in [3.63, 3.8) is 0 Å². The van der Waals surface area contributed by atoms with Crippen molar-refractivity contribution in [2.45, 2.75) is 25.7 Å². The number of halogens is 3. The summed E-state index contributed by atoms with van der Waals surface area (Å²) in [6.45, 7) is 6.34. The fraction of sp³-hybridized carbons (Fsp3) is 0.435. The number of benzene rings is 1. The number of piperazine rings is 1. The number of carbonyl (C=O) groups is 1. The molecule has 1 aromatic heterocycles. The molecule has 34 heavy (non-hydrogen) atoms. The van der Waals surface area contributed by atoms with Crippen LogP contribution in [0.2, 0.25) is 0 Å². The fourth-order valence-electron chi connectivity index (χ4n) is 4.01. The lowest BCUT2D eigenvalue weighted by Gasteiger charge is -2.35. The van der Waals surface area contributed by atoms with E-state index in [1.165, 1.54) is 12.1 Å². The fourth-order valence-corrected chi connectivity index (χ4v) is 4.10. The van der Waals surface area contributed by atoms with E-state index >= 15 is 0 Å². The topological polar surface area (TPSA) is 60.9 Å². The number of nitrogens with zero attached hydrogens (tertiary/aromatic N) is 4. The number of rotatable bonds is 6. The molecule has 1 aromatic carbocycles. The number of hydrogen-bond donors (Lipinski definition) is 1. The third-order valence-corrected chi connectivity index (χ3v) is 6.02. The minimum atomic E-state index is -4.32. The van der Waals surface area contributed by atoms with Gasteiger partial charge in [0.05, 0.1) is 35.5 Å². The van der Waals surface area contributed by atoms with Crippen LogP contribution in [-0.4, -0.2) is 66.3 Å². The van der Waals surface area contributed by atoms with Crippen LogP contribution in [0, 0.1) is 0 Å². The van der Waals surface area contributed by atoms with Gasteiger partial charge in [-0.3, -0.25) is 9.80 Å². The first-order valence-corrected chi connectivity index (χ1v) is 11.4. The SMILES string of the molecule is CC(=S)NC[C@H]1CN(c2ccc(N3CCN(Cc4ccc(C(F)(F)F)cc4)CC3)nc2)C(=O)O1. The van der Waals surface area contributed by atoms with Crippen LogP contribution in [0.5, 0.6) is 0 Å². The molecule has 182 valence electrons. The summed E-state index contributed by atoms with van der Waals surface area (Å²) in [4.78, 5) is 23.3. The number of alkyl halides is 3. The van der Waals surface area contributed by atoms with Crippen molar-refractivity contribution in [3.8, 4) is 0 Å². The molecule has 11 heteroatoms. The van der Waals surface area contributed by atoms with Gasteiger partial charge in [0.15, 0.2) is 0 Å². The van der Waals surface area contributed by atoms with E-state index in [0.29, 0.717) is 30.3 Å². The van der Waals surface area contributed by atoms with E-state index in [1.807, 2.05) is 12.1 Å². The van der Waals surface area contributed by atoms with Crippen molar-refractivity contribution < 1.29 is 22.7 Å². The molecule has 2 saturated heterocycles. The molecule has 0 saturated carbocycles. The maximum atomic E-state index is 12.7. The Labute approximate surface area is 201 Å². The molecular weight excluding hydrogens is 467 g/mol. The summed E-state index contributed by atoms with van der Waals surface area (Å²) in [6, 6.07) is 9.08. The van der Waals surface area contributed by atoms with Gasteiger partial charge in [-0.2, -0.15) is 13.2 Å². The Morgan fingerprint density at radius 3 is 2.44 bits per heavy atom. The first kappa shape index (κ1) is 24.2. The zero-order valence-electron chi connectivity index (χ0n) is 18.7. The van der Waals surface area contributed by atoms with Gasteiger partial charge in [-0.25, -0.2) is 9.78 Å². The molecule has 0 bridgehead atoms. The van der Waals surface area contributed by atoms with Gasteiger partial charge in [0.25, 0.3) is 0 Å². The number of cyclic esters (lactones) is 1. The molecule has 0 spiro atoms. The summed E-state index contributed by atoms with van der Waals surface area (Å²) >= 11 is 5.00. The van der Waals surface area contributed by atoms with Gasteiger partial charge in [0.1, 0.15) is 11.9 Å². The number of pyridine rings is 1. The smallest absolute Gasteiger partial charge is 0.416 e. The first-order chi connectivity index (χ1) is 16.2. The third kappa shape index (κ3) is 5.95. The van der Waals surface area contributed by atoms with Crippen LogP contribution in [0.15, 0.2) is 42.6 Å². The van der Waals surface area contributed by atoms with Crippen LogP contribution in [0.1, 0.15) is 18.1 Å². The molecule has 0 aliphatic carbocycles. The summed E-state index contributed by atoms with van der Waals surface area (Å²) < 4.78 is 43.6. The third-order valence-electron chi connectivity index (χ3n) is 5.88. The van der Waals surface area contributed by atoms with Gasteiger partial charge < -0.3 is 15.0 Å². The largest absolute Gasteiger partial charge is 0.442 e. The zero-order chi connectivity index (χ0) is 24.3. The maximum absolute atomic E-state index is 12.7. The number of amides is 1. The summed E-state index contributed by atoms with van der Waals surface area (Å²) in [5.74, 6) is 0.819. The van der Waals surface area contributed by atoms with Gasteiger partial charge in [-0.05, 0) is 36.8 Å². The molecule has 2 aliphatic heterocycles. The Morgan fingerprint density at radius 2 is 1.85 bits per heavy atom. The Balaban J connectivity index is 1.28. The summed E-state index contributed by atoms with van der Waals surface area (Å²) in [6.07, 6.45) is -3.32. The van der Waals surface area contributed by atoms with Gasteiger partial charge in [-0.1, -0.05) is 24.4 Å². The van der Waals surface area contributed by atoms with Gasteiger partial charge in [0.2, 0.25) is 0 Å². The molecule has 2 fully saturated rings. The molecule has 1 amide bonds. The Kier molecular flexibility index (Phi) is 7.22. The Morgan fingerprint density at radius 1 is 1.15 bits per heavy atom. The number of hydrogen-bond acceptors (Lipinski definition) is 6. The van der Waals surface area contributed by atoms with Gasteiger partial charge in [-0.15, -0.1) is 0 Å². The molecule has 2 aliphatic rings. The number of nitrogens with one attached hydrogen (secondary N) is 1. The lowest BCUT2D eigenvalue weighted by molar-refractivity contribution is -0.137. The van der Waals surface area contributed by atoms with Gasteiger partial charge in [0, 0.05) is 32.7 Å². The molecule has 2 aromatic rings. The Hall–Kier alpha value is -2.92. The minimum absolute atomic E-state index is 0.275. The highest BCUT2D eigenvalue weighted by Gasteiger charge is 2.33. The van der Waals surface area contributed by atoms with E-state index in [-0.39, 0.29) is 6.10 Å². The normalized spacial score (nSPS) is 19.3. The molecule has 7 nitrogen and oxygen atoms in total. The number of anilines is 2. The molecule has 0 radical (unpaired) electrons. The van der Waals surface area contributed by atoms with Crippen LogP contribution < -0.4 is 15.1 Å². The Bertz CT molecular complexity index is 1010. The average molecular weight is 494 g/mol. The van der Waals surface area contributed by atoms with Crippen molar-refractivity contribution in [1.82, 2.24) is 15.2 Å². The number of carbonyl (C=O) groups excluding carboxylic acids is 1. The predicted molar refractivity (Wildman–Crippen MR) is 127 cm³/mol. The minimum Gasteiger partial charge on any atom is -0.442 e. The summed E-state index contributed by atoms with van der Waals surface area (Å²) in [5.41, 5.74) is 0.905. The van der Waals surface area contributed by atoms with E-state index in [9.17, 15) is 18.0 Å². The van der Waals surface area contributed by atoms with Crippen LogP contribution >= 0.6 is 12.2 Å². The molecule has 0 unspecified atom stereocenters. The van der Waals surface area contributed by atoms with Crippen molar-refractivity contribution in [1.29, 1.82) is 0 Å². The highest BCUT2D eigenvalue weighted by atomic mass is 32.1. The van der Waals surface area contributed by atoms with Crippen LogP contribution in [0.25, 0.3) is 0 Å². The van der Waals surface area contributed by atoms with E-state index in [2.05, 4.69) is 20.1 Å². The lowest BCUT2D eigenvalue weighted by Crippen LogP contribution is -2.46. The van der Waals surface area contributed by atoms with Crippen molar-refractivity contribution in [2.24, 2.45) is 0 Å². The summed E-state index contributed by atoms with van der Waals surface area (Å²) in [5, 5.41) is 3.02. The standard InChI is InChI=1S/C23H26F3N5O2S/c1-16(34)27-13-20-15-31(22(32)33-20)19-6-7-21(28-12-19)30-10-8-29(9-11-30)14-17-2-4-18(5-3-17)23(24,25)26/h2-7,12,20H,8-11,13-15H2,1H3,(H,27,34)/t20-/m0/s1. The monoisotopic (exact) mass is 493 g/mol.